The van der Waals surface area contributed by atoms with Crippen LogP contribution in [0, 0.1) is 0 Å². The van der Waals surface area contributed by atoms with Gasteiger partial charge in [-0.25, -0.2) is 0 Å². The number of hydrogen-bond acceptors (Lipinski definition) is 3. The minimum absolute atomic E-state index is 0.0225. The average molecular weight is 523 g/mol. The Morgan fingerprint density at radius 1 is 0.889 bits per heavy atom. The third-order valence-corrected chi connectivity index (χ3v) is 7.39. The lowest BCUT2D eigenvalue weighted by atomic mass is 10.0. The fraction of sp³-hybridized carbons (Fsp3) is 0.333. The second-order valence-electron chi connectivity index (χ2n) is 8.96. The zero-order valence-electron chi connectivity index (χ0n) is 21.0. The van der Waals surface area contributed by atoms with Crippen molar-refractivity contribution in [2.24, 2.45) is 0 Å². The van der Waals surface area contributed by atoms with Crippen molar-refractivity contribution in [1.82, 2.24) is 10.2 Å². The van der Waals surface area contributed by atoms with Crippen LogP contribution in [-0.2, 0) is 28.3 Å². The molecule has 3 aromatic carbocycles. The standard InChI is InChI=1S/C30H35ClN2O2S/c1-3-23(2)32-30(35)28(20-24-10-6-4-7-11-24)33(21-25-14-16-27(31)17-15-25)29(34)18-19-36-22-26-12-8-5-9-13-26/h4-17,23,28H,3,18-22H2,1-2H3,(H,32,35)/t23-,28+/m1/s1. The van der Waals surface area contributed by atoms with Crippen LogP contribution in [0.1, 0.15) is 43.4 Å². The van der Waals surface area contributed by atoms with Gasteiger partial charge in [-0.1, -0.05) is 91.3 Å². The molecule has 0 aliphatic rings. The van der Waals surface area contributed by atoms with E-state index >= 15 is 0 Å². The van der Waals surface area contributed by atoms with Crippen LogP contribution in [0.25, 0.3) is 0 Å². The maximum Gasteiger partial charge on any atom is 0.243 e. The van der Waals surface area contributed by atoms with Gasteiger partial charge in [0, 0.05) is 42.0 Å². The van der Waals surface area contributed by atoms with Crippen LogP contribution in [0.3, 0.4) is 0 Å². The van der Waals surface area contributed by atoms with Gasteiger partial charge in [0.25, 0.3) is 0 Å². The van der Waals surface area contributed by atoms with Gasteiger partial charge in [-0.05, 0) is 42.2 Å². The Morgan fingerprint density at radius 2 is 1.50 bits per heavy atom. The molecule has 0 fully saturated rings. The van der Waals surface area contributed by atoms with E-state index in [4.69, 9.17) is 11.6 Å². The molecule has 4 nitrogen and oxygen atoms in total. The van der Waals surface area contributed by atoms with Crippen molar-refractivity contribution in [3.8, 4) is 0 Å². The third kappa shape index (κ3) is 9.03. The first-order valence-electron chi connectivity index (χ1n) is 12.5. The van der Waals surface area contributed by atoms with Crippen molar-refractivity contribution in [2.75, 3.05) is 5.75 Å². The molecule has 3 rings (SSSR count). The number of carbonyl (C=O) groups is 2. The first kappa shape index (κ1) is 27.8. The highest BCUT2D eigenvalue weighted by Crippen LogP contribution is 2.19. The molecule has 0 unspecified atom stereocenters. The van der Waals surface area contributed by atoms with E-state index in [1.54, 1.807) is 16.7 Å². The SMILES string of the molecule is CC[C@@H](C)NC(=O)[C@H](Cc1ccccc1)N(Cc1ccc(Cl)cc1)C(=O)CCSCc1ccccc1. The molecule has 0 bridgehead atoms. The zero-order valence-corrected chi connectivity index (χ0v) is 22.6. The number of carbonyl (C=O) groups excluding carboxylic acids is 2. The number of hydrogen-bond donors (Lipinski definition) is 1. The minimum atomic E-state index is -0.608. The van der Waals surface area contributed by atoms with Gasteiger partial charge >= 0.3 is 0 Å². The molecule has 0 saturated carbocycles. The molecule has 3 aromatic rings. The predicted molar refractivity (Wildman–Crippen MR) is 151 cm³/mol. The second kappa shape index (κ2) is 14.7. The van der Waals surface area contributed by atoms with Gasteiger partial charge in [-0.2, -0.15) is 11.8 Å². The van der Waals surface area contributed by atoms with E-state index in [-0.39, 0.29) is 17.9 Å². The van der Waals surface area contributed by atoms with E-state index in [1.807, 2.05) is 86.6 Å². The molecule has 0 aliphatic heterocycles. The molecule has 0 aliphatic carbocycles. The largest absolute Gasteiger partial charge is 0.352 e. The van der Waals surface area contributed by atoms with Gasteiger partial charge in [0.1, 0.15) is 6.04 Å². The molecule has 0 saturated heterocycles. The van der Waals surface area contributed by atoms with Crippen molar-refractivity contribution in [1.29, 1.82) is 0 Å². The quantitative estimate of drug-likeness (QED) is 0.260. The summed E-state index contributed by atoms with van der Waals surface area (Å²) < 4.78 is 0. The van der Waals surface area contributed by atoms with E-state index in [1.165, 1.54) is 5.56 Å². The normalized spacial score (nSPS) is 12.5. The molecule has 36 heavy (non-hydrogen) atoms. The lowest BCUT2D eigenvalue weighted by molar-refractivity contribution is -0.141. The van der Waals surface area contributed by atoms with Crippen molar-refractivity contribution < 1.29 is 9.59 Å². The number of halogens is 1. The molecule has 190 valence electrons. The van der Waals surface area contributed by atoms with Crippen molar-refractivity contribution in [2.45, 2.75) is 57.5 Å². The summed E-state index contributed by atoms with van der Waals surface area (Å²) in [5.41, 5.74) is 3.20. The van der Waals surface area contributed by atoms with Gasteiger partial charge in [-0.15, -0.1) is 0 Å². The molecule has 0 heterocycles. The van der Waals surface area contributed by atoms with Crippen LogP contribution in [0.5, 0.6) is 0 Å². The summed E-state index contributed by atoms with van der Waals surface area (Å²) in [7, 11) is 0. The Hall–Kier alpha value is -2.76. The van der Waals surface area contributed by atoms with Crippen LogP contribution < -0.4 is 5.32 Å². The number of nitrogens with one attached hydrogen (secondary N) is 1. The molecular formula is C30H35ClN2O2S. The van der Waals surface area contributed by atoms with Crippen LogP contribution >= 0.6 is 23.4 Å². The maximum atomic E-state index is 13.6. The minimum Gasteiger partial charge on any atom is -0.352 e. The number of benzene rings is 3. The lowest BCUT2D eigenvalue weighted by Crippen LogP contribution is -2.52. The zero-order chi connectivity index (χ0) is 25.8. The van der Waals surface area contributed by atoms with E-state index in [0.717, 1.165) is 23.3 Å². The summed E-state index contributed by atoms with van der Waals surface area (Å²) in [5, 5.41) is 3.75. The second-order valence-corrected chi connectivity index (χ2v) is 10.5. The highest BCUT2D eigenvalue weighted by molar-refractivity contribution is 7.98. The summed E-state index contributed by atoms with van der Waals surface area (Å²) in [4.78, 5) is 28.9. The monoisotopic (exact) mass is 522 g/mol. The topological polar surface area (TPSA) is 49.4 Å². The number of nitrogens with zero attached hydrogens (tertiary/aromatic N) is 1. The van der Waals surface area contributed by atoms with Crippen LogP contribution in [-0.4, -0.2) is 34.6 Å². The molecule has 6 heteroatoms. The van der Waals surface area contributed by atoms with E-state index in [0.29, 0.717) is 30.2 Å². The first-order valence-corrected chi connectivity index (χ1v) is 14.0. The van der Waals surface area contributed by atoms with Gasteiger partial charge in [0.05, 0.1) is 0 Å². The average Bonchev–Trinajstić information content (AvgIpc) is 2.90. The van der Waals surface area contributed by atoms with Gasteiger partial charge < -0.3 is 10.2 Å². The molecule has 0 radical (unpaired) electrons. The highest BCUT2D eigenvalue weighted by atomic mass is 35.5. The van der Waals surface area contributed by atoms with Gasteiger partial charge in [0.15, 0.2) is 0 Å². The van der Waals surface area contributed by atoms with Crippen molar-refractivity contribution >= 4 is 35.2 Å². The Balaban J connectivity index is 1.80. The molecular weight excluding hydrogens is 488 g/mol. The highest BCUT2D eigenvalue weighted by Gasteiger charge is 2.30. The summed E-state index contributed by atoms with van der Waals surface area (Å²) in [5.74, 6) is 1.40. The van der Waals surface area contributed by atoms with Crippen molar-refractivity contribution in [3.05, 3.63) is 107 Å². The Kier molecular flexibility index (Phi) is 11.4. The molecule has 1 N–H and O–H groups in total. The molecule has 2 atom stereocenters. The summed E-state index contributed by atoms with van der Waals surface area (Å²) in [6.07, 6.45) is 1.65. The fourth-order valence-electron chi connectivity index (χ4n) is 3.85. The molecule has 0 spiro atoms. The van der Waals surface area contributed by atoms with Gasteiger partial charge in [-0.3, -0.25) is 9.59 Å². The smallest absolute Gasteiger partial charge is 0.243 e. The summed E-state index contributed by atoms with van der Waals surface area (Å²) in [6.45, 7) is 4.38. The number of thioether (sulfide) groups is 1. The maximum absolute atomic E-state index is 13.6. The van der Waals surface area contributed by atoms with Crippen molar-refractivity contribution in [3.63, 3.8) is 0 Å². The van der Waals surface area contributed by atoms with E-state index in [2.05, 4.69) is 17.4 Å². The van der Waals surface area contributed by atoms with Crippen LogP contribution in [0.2, 0.25) is 5.02 Å². The lowest BCUT2D eigenvalue weighted by Gasteiger charge is -2.32. The third-order valence-electron chi connectivity index (χ3n) is 6.11. The number of rotatable bonds is 13. The number of amides is 2. The predicted octanol–water partition coefficient (Wildman–Crippen LogP) is 6.52. The van der Waals surface area contributed by atoms with Crippen LogP contribution in [0.4, 0.5) is 0 Å². The van der Waals surface area contributed by atoms with E-state index in [9.17, 15) is 9.59 Å². The molecule has 2 amide bonds. The summed E-state index contributed by atoms with van der Waals surface area (Å²) >= 11 is 7.83. The summed E-state index contributed by atoms with van der Waals surface area (Å²) in [6, 6.07) is 27.0. The molecule has 0 aromatic heterocycles. The Labute approximate surface area is 224 Å². The van der Waals surface area contributed by atoms with Crippen LogP contribution in [0.15, 0.2) is 84.9 Å². The van der Waals surface area contributed by atoms with E-state index < -0.39 is 6.04 Å². The Bertz CT molecular complexity index is 1080. The first-order chi connectivity index (χ1) is 17.5. The Morgan fingerprint density at radius 3 is 2.11 bits per heavy atom. The van der Waals surface area contributed by atoms with Gasteiger partial charge in [0.2, 0.25) is 11.8 Å². The fourth-order valence-corrected chi connectivity index (χ4v) is 4.87.